The second kappa shape index (κ2) is 7.20. The van der Waals surface area contributed by atoms with Gasteiger partial charge in [0, 0.05) is 57.0 Å². The fraction of sp³-hybridized carbons (Fsp3) is 0.200. The Bertz CT molecular complexity index is 1220. The number of fused-ring (bicyclic) bond motifs is 2. The second-order valence-electron chi connectivity index (χ2n) is 6.76. The van der Waals surface area contributed by atoms with Crippen LogP contribution in [0.15, 0.2) is 52.3 Å². The lowest BCUT2D eigenvalue weighted by molar-refractivity contribution is 0.242. The van der Waals surface area contributed by atoms with Crippen molar-refractivity contribution in [1.82, 2.24) is 24.8 Å². The molecular formula is C20H16BrN5OS. The summed E-state index contributed by atoms with van der Waals surface area (Å²) in [4.78, 5) is 31.8. The van der Waals surface area contributed by atoms with Crippen LogP contribution in [0.3, 0.4) is 0 Å². The highest BCUT2D eigenvalue weighted by atomic mass is 79.9. The van der Waals surface area contributed by atoms with Gasteiger partial charge in [-0.1, -0.05) is 18.2 Å². The van der Waals surface area contributed by atoms with E-state index in [9.17, 15) is 4.79 Å². The minimum absolute atomic E-state index is 0.0634. The topological polar surface area (TPSA) is 74.8 Å². The van der Waals surface area contributed by atoms with Crippen LogP contribution in [0.2, 0.25) is 0 Å². The lowest BCUT2D eigenvalue weighted by Gasteiger charge is -2.27. The highest BCUT2D eigenvalue weighted by Crippen LogP contribution is 2.36. The van der Waals surface area contributed by atoms with Crippen LogP contribution >= 0.6 is 27.3 Å². The summed E-state index contributed by atoms with van der Waals surface area (Å²) in [6, 6.07) is 8.41. The largest absolute Gasteiger partial charge is 0.306 e. The Morgan fingerprint density at radius 2 is 2.04 bits per heavy atom. The van der Waals surface area contributed by atoms with Crippen LogP contribution in [-0.2, 0) is 19.5 Å². The van der Waals surface area contributed by atoms with Gasteiger partial charge in [-0.2, -0.15) is 0 Å². The molecule has 0 saturated heterocycles. The molecule has 0 atom stereocenters. The van der Waals surface area contributed by atoms with E-state index in [1.807, 2.05) is 11.3 Å². The molecule has 0 amide bonds. The molecule has 0 fully saturated rings. The monoisotopic (exact) mass is 453 g/mol. The number of nitrogens with zero attached hydrogens (tertiary/aromatic N) is 4. The summed E-state index contributed by atoms with van der Waals surface area (Å²) in [5, 5.41) is 1.25. The molecule has 0 aliphatic carbocycles. The van der Waals surface area contributed by atoms with E-state index in [1.54, 1.807) is 12.4 Å². The van der Waals surface area contributed by atoms with Crippen LogP contribution in [-0.4, -0.2) is 31.4 Å². The number of hydrogen-bond donors (Lipinski definition) is 1. The molecule has 1 aromatic carbocycles. The molecule has 0 bridgehead atoms. The second-order valence-corrected chi connectivity index (χ2v) is 8.69. The van der Waals surface area contributed by atoms with Crippen LogP contribution in [0.5, 0.6) is 0 Å². The predicted octanol–water partition coefficient (Wildman–Crippen LogP) is 3.76. The maximum Gasteiger partial charge on any atom is 0.254 e. The van der Waals surface area contributed by atoms with E-state index in [0.29, 0.717) is 24.4 Å². The van der Waals surface area contributed by atoms with Crippen LogP contribution in [0.1, 0.15) is 16.1 Å². The van der Waals surface area contributed by atoms with Gasteiger partial charge in [0.1, 0.15) is 12.2 Å². The molecule has 140 valence electrons. The van der Waals surface area contributed by atoms with Crippen molar-refractivity contribution >= 4 is 37.4 Å². The average Bonchev–Trinajstić information content (AvgIpc) is 3.04. The molecule has 0 spiro atoms. The maximum absolute atomic E-state index is 12.5. The predicted molar refractivity (Wildman–Crippen MR) is 113 cm³/mol. The van der Waals surface area contributed by atoms with Crippen LogP contribution < -0.4 is 5.56 Å². The Labute approximate surface area is 173 Å². The Morgan fingerprint density at radius 1 is 1.21 bits per heavy atom. The van der Waals surface area contributed by atoms with Crippen molar-refractivity contribution in [1.29, 1.82) is 0 Å². The number of nitrogens with one attached hydrogen (secondary N) is 1. The van der Waals surface area contributed by atoms with E-state index in [1.165, 1.54) is 25.8 Å². The molecule has 28 heavy (non-hydrogen) atoms. The van der Waals surface area contributed by atoms with Gasteiger partial charge in [0.15, 0.2) is 0 Å². The van der Waals surface area contributed by atoms with Crippen molar-refractivity contribution in [2.24, 2.45) is 0 Å². The zero-order valence-electron chi connectivity index (χ0n) is 14.9. The van der Waals surface area contributed by atoms with E-state index in [2.05, 4.69) is 60.0 Å². The Hall–Kier alpha value is -2.42. The van der Waals surface area contributed by atoms with Gasteiger partial charge in [-0.25, -0.2) is 15.0 Å². The number of hydrogen-bond acceptors (Lipinski definition) is 6. The van der Waals surface area contributed by atoms with Crippen LogP contribution in [0.4, 0.5) is 0 Å². The van der Waals surface area contributed by atoms with Crippen LogP contribution in [0, 0.1) is 0 Å². The molecule has 5 rings (SSSR count). The summed E-state index contributed by atoms with van der Waals surface area (Å²) >= 11 is 5.57. The molecule has 0 radical (unpaired) electrons. The summed E-state index contributed by atoms with van der Waals surface area (Å²) in [7, 11) is 0. The lowest BCUT2D eigenvalue weighted by atomic mass is 10.1. The smallest absolute Gasteiger partial charge is 0.254 e. The fourth-order valence-electron chi connectivity index (χ4n) is 3.56. The number of rotatable bonds is 3. The van der Waals surface area contributed by atoms with E-state index in [-0.39, 0.29) is 5.56 Å². The highest BCUT2D eigenvalue weighted by molar-refractivity contribution is 9.10. The normalized spacial score (nSPS) is 14.3. The first-order valence-electron chi connectivity index (χ1n) is 8.95. The number of aromatic amines is 1. The third-order valence-corrected chi connectivity index (χ3v) is 7.28. The molecule has 8 heteroatoms. The molecule has 0 saturated carbocycles. The Balaban J connectivity index is 1.45. The van der Waals surface area contributed by atoms with Gasteiger partial charge in [0.2, 0.25) is 0 Å². The highest BCUT2D eigenvalue weighted by Gasteiger charge is 2.23. The number of H-pyrrole nitrogens is 1. The van der Waals surface area contributed by atoms with Gasteiger partial charge >= 0.3 is 0 Å². The van der Waals surface area contributed by atoms with Gasteiger partial charge in [0.05, 0.1) is 11.3 Å². The number of aromatic nitrogens is 4. The van der Waals surface area contributed by atoms with E-state index in [0.717, 1.165) is 24.3 Å². The molecule has 1 N–H and O–H groups in total. The molecule has 4 heterocycles. The van der Waals surface area contributed by atoms with Crippen molar-refractivity contribution in [3.63, 3.8) is 0 Å². The molecule has 4 aromatic rings. The molecule has 3 aromatic heterocycles. The average molecular weight is 454 g/mol. The van der Waals surface area contributed by atoms with Gasteiger partial charge < -0.3 is 4.98 Å². The van der Waals surface area contributed by atoms with Crippen LogP contribution in [0.25, 0.3) is 21.5 Å². The summed E-state index contributed by atoms with van der Waals surface area (Å²) < 4.78 is 2.45. The SMILES string of the molecule is O=c1[nH]c(-c2cncnc2)nc2c1CCN(Cc1sc3ccccc3c1Br)C2. The van der Waals surface area contributed by atoms with Crippen molar-refractivity contribution in [3.8, 4) is 11.4 Å². The van der Waals surface area contributed by atoms with Gasteiger partial charge in [0.25, 0.3) is 5.56 Å². The fourth-order valence-corrected chi connectivity index (χ4v) is 5.54. The number of halogens is 1. The minimum atomic E-state index is -0.0634. The van der Waals surface area contributed by atoms with Crippen molar-refractivity contribution in [2.45, 2.75) is 19.5 Å². The van der Waals surface area contributed by atoms with Crippen molar-refractivity contribution < 1.29 is 0 Å². The summed E-state index contributed by atoms with van der Waals surface area (Å²) in [5.41, 5.74) is 2.27. The third-order valence-electron chi connectivity index (χ3n) is 4.96. The van der Waals surface area contributed by atoms with E-state index >= 15 is 0 Å². The van der Waals surface area contributed by atoms with Crippen molar-refractivity contribution in [2.75, 3.05) is 6.54 Å². The van der Waals surface area contributed by atoms with E-state index < -0.39 is 0 Å². The first-order chi connectivity index (χ1) is 13.7. The first kappa shape index (κ1) is 17.7. The Morgan fingerprint density at radius 3 is 2.86 bits per heavy atom. The van der Waals surface area contributed by atoms with E-state index in [4.69, 9.17) is 4.98 Å². The molecule has 1 aliphatic heterocycles. The lowest BCUT2D eigenvalue weighted by Crippen LogP contribution is -2.35. The standard InChI is InChI=1S/C20H16BrN5OS/c21-18-14-3-1-2-4-16(14)28-17(18)10-26-6-5-13-15(9-26)24-19(25-20(13)27)12-7-22-11-23-8-12/h1-4,7-8,11H,5-6,9-10H2,(H,24,25,27). The summed E-state index contributed by atoms with van der Waals surface area (Å²) in [6.45, 7) is 2.32. The van der Waals surface area contributed by atoms with Gasteiger partial charge in [-0.05, 0) is 28.4 Å². The molecule has 0 unspecified atom stereocenters. The van der Waals surface area contributed by atoms with Crippen molar-refractivity contribution in [3.05, 3.63) is 73.9 Å². The zero-order valence-corrected chi connectivity index (χ0v) is 17.3. The Kier molecular flexibility index (Phi) is 4.54. The number of thiophene rings is 1. The number of benzene rings is 1. The first-order valence-corrected chi connectivity index (χ1v) is 10.6. The third kappa shape index (κ3) is 3.17. The molecular weight excluding hydrogens is 438 g/mol. The molecule has 1 aliphatic rings. The zero-order chi connectivity index (χ0) is 19.1. The van der Waals surface area contributed by atoms with Gasteiger partial charge in [-0.15, -0.1) is 11.3 Å². The maximum atomic E-state index is 12.5. The molecule has 6 nitrogen and oxygen atoms in total. The summed E-state index contributed by atoms with van der Waals surface area (Å²) in [5.74, 6) is 0.522. The van der Waals surface area contributed by atoms with Gasteiger partial charge in [-0.3, -0.25) is 9.69 Å². The minimum Gasteiger partial charge on any atom is -0.306 e. The summed E-state index contributed by atoms with van der Waals surface area (Å²) in [6.07, 6.45) is 5.48. The quantitative estimate of drug-likeness (QED) is 0.510.